The number of aliphatic hydroxyl groups is 1. The number of rotatable bonds is 8. The van der Waals surface area contributed by atoms with Gasteiger partial charge >= 0.3 is 0 Å². The van der Waals surface area contributed by atoms with E-state index in [0.29, 0.717) is 13.2 Å². The Balaban J connectivity index is 1.55. The fourth-order valence-electron chi connectivity index (χ4n) is 3.13. The van der Waals surface area contributed by atoms with Crippen molar-refractivity contribution < 1.29 is 24.1 Å². The molecule has 0 saturated carbocycles. The van der Waals surface area contributed by atoms with Crippen LogP contribution in [0.4, 0.5) is 0 Å². The summed E-state index contributed by atoms with van der Waals surface area (Å²) in [4.78, 5) is 12.6. The van der Waals surface area contributed by atoms with Crippen molar-refractivity contribution in [1.82, 2.24) is 5.32 Å². The molecule has 1 amide bonds. The summed E-state index contributed by atoms with van der Waals surface area (Å²) in [6.07, 6.45) is -2.70. The van der Waals surface area contributed by atoms with Crippen LogP contribution in [0.25, 0.3) is 0 Å². The molecule has 1 saturated heterocycles. The van der Waals surface area contributed by atoms with Crippen molar-refractivity contribution in [3.63, 3.8) is 0 Å². The summed E-state index contributed by atoms with van der Waals surface area (Å²) >= 11 is 0. The van der Waals surface area contributed by atoms with E-state index in [4.69, 9.17) is 14.2 Å². The van der Waals surface area contributed by atoms with Gasteiger partial charge < -0.3 is 24.6 Å². The molecule has 6 nitrogen and oxygen atoms in total. The molecule has 1 aliphatic rings. The lowest BCUT2D eigenvalue weighted by molar-refractivity contribution is -0.162. The zero-order valence-electron chi connectivity index (χ0n) is 16.2. The topological polar surface area (TPSA) is 77.0 Å². The van der Waals surface area contributed by atoms with Gasteiger partial charge in [0, 0.05) is 6.54 Å². The summed E-state index contributed by atoms with van der Waals surface area (Å²) < 4.78 is 17.1. The van der Waals surface area contributed by atoms with E-state index < -0.39 is 24.1 Å². The Morgan fingerprint density at radius 2 is 1.68 bits per heavy atom. The number of nitrogens with one attached hydrogen (secondary N) is 1. The highest BCUT2D eigenvalue weighted by Gasteiger charge is 2.48. The van der Waals surface area contributed by atoms with Gasteiger partial charge in [0.05, 0.1) is 13.2 Å². The minimum absolute atomic E-state index is 0.0431. The molecule has 1 fully saturated rings. The first kappa shape index (κ1) is 20.5. The molecular weight excluding hydrogens is 358 g/mol. The van der Waals surface area contributed by atoms with Gasteiger partial charge in [0.15, 0.2) is 11.9 Å². The molecule has 0 aliphatic carbocycles. The molecule has 0 bridgehead atoms. The van der Waals surface area contributed by atoms with Crippen LogP contribution in [-0.2, 0) is 32.2 Å². The number of hydrogen-bond acceptors (Lipinski definition) is 5. The molecule has 2 N–H and O–H groups in total. The second-order valence-electron chi connectivity index (χ2n) is 7.29. The molecule has 0 spiro atoms. The van der Waals surface area contributed by atoms with Crippen molar-refractivity contribution in [2.75, 3.05) is 6.61 Å². The lowest BCUT2D eigenvalue weighted by Crippen LogP contribution is -2.46. The molecule has 0 radical (unpaired) electrons. The normalized spacial score (nSPS) is 22.0. The van der Waals surface area contributed by atoms with Crippen LogP contribution >= 0.6 is 0 Å². The van der Waals surface area contributed by atoms with Crippen molar-refractivity contribution in [2.24, 2.45) is 0 Å². The second kappa shape index (κ2) is 9.30. The number of ether oxygens (including phenoxy) is 3. The first-order valence-corrected chi connectivity index (χ1v) is 9.41. The third-order valence-corrected chi connectivity index (χ3v) is 4.48. The smallest absolute Gasteiger partial charge is 0.252 e. The maximum Gasteiger partial charge on any atom is 0.252 e. The van der Waals surface area contributed by atoms with Crippen molar-refractivity contribution in [3.8, 4) is 0 Å². The lowest BCUT2D eigenvalue weighted by Gasteiger charge is -2.22. The average Bonchev–Trinajstić information content (AvgIpc) is 3.03. The van der Waals surface area contributed by atoms with Gasteiger partial charge in [0.25, 0.3) is 5.91 Å². The lowest BCUT2D eigenvalue weighted by atomic mass is 10.1. The monoisotopic (exact) mass is 385 g/mol. The molecular formula is C22H27NO5. The molecule has 3 rings (SSSR count). The standard InChI is InChI=1S/C22H27NO5/c1-22(2)27-19(18(24)15-26-14-17-11-7-4-8-12-17)20(28-22)21(25)23-13-16-9-5-3-6-10-16/h3-12,18-20,24H,13-15H2,1-2H3,(H,23,25)/t18-,19+,20+/m0/s1. The Morgan fingerprint density at radius 1 is 1.07 bits per heavy atom. The van der Waals surface area contributed by atoms with Crippen LogP contribution in [0.15, 0.2) is 60.7 Å². The fourth-order valence-corrected chi connectivity index (χ4v) is 3.13. The number of aliphatic hydroxyl groups excluding tert-OH is 1. The molecule has 0 unspecified atom stereocenters. The highest BCUT2D eigenvalue weighted by atomic mass is 16.8. The fraction of sp³-hybridized carbons (Fsp3) is 0.409. The summed E-state index contributed by atoms with van der Waals surface area (Å²) in [5.41, 5.74) is 1.99. The molecule has 1 aliphatic heterocycles. The minimum Gasteiger partial charge on any atom is -0.388 e. The first-order chi connectivity index (χ1) is 13.4. The van der Waals surface area contributed by atoms with E-state index in [0.717, 1.165) is 11.1 Å². The summed E-state index contributed by atoms with van der Waals surface area (Å²) in [6.45, 7) is 4.25. The van der Waals surface area contributed by atoms with Crippen LogP contribution in [0.1, 0.15) is 25.0 Å². The van der Waals surface area contributed by atoms with Crippen LogP contribution in [0, 0.1) is 0 Å². The molecule has 150 valence electrons. The quantitative estimate of drug-likeness (QED) is 0.730. The van der Waals surface area contributed by atoms with Crippen LogP contribution in [0.2, 0.25) is 0 Å². The second-order valence-corrected chi connectivity index (χ2v) is 7.29. The van der Waals surface area contributed by atoms with Crippen molar-refractivity contribution in [3.05, 3.63) is 71.8 Å². The maximum absolute atomic E-state index is 12.6. The molecule has 0 aromatic heterocycles. The molecule has 6 heteroatoms. The zero-order valence-corrected chi connectivity index (χ0v) is 16.2. The van der Waals surface area contributed by atoms with Gasteiger partial charge in [-0.2, -0.15) is 0 Å². The highest BCUT2D eigenvalue weighted by molar-refractivity contribution is 5.81. The van der Waals surface area contributed by atoms with E-state index in [9.17, 15) is 9.90 Å². The van der Waals surface area contributed by atoms with Crippen LogP contribution in [0.3, 0.4) is 0 Å². The minimum atomic E-state index is -0.988. The van der Waals surface area contributed by atoms with E-state index in [-0.39, 0.29) is 12.5 Å². The van der Waals surface area contributed by atoms with E-state index in [2.05, 4.69) is 5.32 Å². The predicted octanol–water partition coefficient (Wildman–Crippen LogP) is 2.40. The average molecular weight is 385 g/mol. The zero-order chi connectivity index (χ0) is 20.0. The van der Waals surface area contributed by atoms with Gasteiger partial charge in [-0.1, -0.05) is 60.7 Å². The summed E-state index contributed by atoms with van der Waals surface area (Å²) in [5, 5.41) is 13.4. The number of carbonyl (C=O) groups is 1. The van der Waals surface area contributed by atoms with Crippen molar-refractivity contribution >= 4 is 5.91 Å². The molecule has 2 aromatic rings. The first-order valence-electron chi connectivity index (χ1n) is 9.41. The van der Waals surface area contributed by atoms with Gasteiger partial charge in [-0.15, -0.1) is 0 Å². The molecule has 28 heavy (non-hydrogen) atoms. The molecule has 2 aromatic carbocycles. The highest BCUT2D eigenvalue weighted by Crippen LogP contribution is 2.30. The van der Waals surface area contributed by atoms with E-state index in [1.165, 1.54) is 0 Å². The third kappa shape index (κ3) is 5.62. The number of hydrogen-bond donors (Lipinski definition) is 2. The number of amides is 1. The Bertz CT molecular complexity index is 750. The van der Waals surface area contributed by atoms with E-state index in [1.54, 1.807) is 13.8 Å². The molecule has 3 atom stereocenters. The van der Waals surface area contributed by atoms with Crippen LogP contribution < -0.4 is 5.32 Å². The van der Waals surface area contributed by atoms with Crippen LogP contribution in [0.5, 0.6) is 0 Å². The summed E-state index contributed by atoms with van der Waals surface area (Å²) in [7, 11) is 0. The SMILES string of the molecule is CC1(C)O[C@H]([C@@H](O)COCc2ccccc2)[C@H](C(=O)NCc2ccccc2)O1. The van der Waals surface area contributed by atoms with Crippen LogP contribution in [-0.4, -0.2) is 41.7 Å². The van der Waals surface area contributed by atoms with Gasteiger partial charge in [0.1, 0.15) is 12.2 Å². The number of benzene rings is 2. The largest absolute Gasteiger partial charge is 0.388 e. The van der Waals surface area contributed by atoms with Gasteiger partial charge in [-0.05, 0) is 25.0 Å². The van der Waals surface area contributed by atoms with Crippen molar-refractivity contribution in [1.29, 1.82) is 0 Å². The Morgan fingerprint density at radius 3 is 2.32 bits per heavy atom. The Kier molecular flexibility index (Phi) is 6.80. The Hall–Kier alpha value is -2.25. The summed E-state index contributed by atoms with van der Waals surface area (Å²) in [5.74, 6) is -1.28. The number of carbonyl (C=O) groups excluding carboxylic acids is 1. The maximum atomic E-state index is 12.6. The van der Waals surface area contributed by atoms with Gasteiger partial charge in [0.2, 0.25) is 0 Å². The third-order valence-electron chi connectivity index (χ3n) is 4.48. The van der Waals surface area contributed by atoms with Gasteiger partial charge in [-0.25, -0.2) is 0 Å². The van der Waals surface area contributed by atoms with Gasteiger partial charge in [-0.3, -0.25) is 4.79 Å². The molecule has 1 heterocycles. The van der Waals surface area contributed by atoms with E-state index in [1.807, 2.05) is 60.7 Å². The van der Waals surface area contributed by atoms with Crippen molar-refractivity contribution in [2.45, 2.75) is 51.1 Å². The predicted molar refractivity (Wildman–Crippen MR) is 104 cm³/mol. The van der Waals surface area contributed by atoms with E-state index >= 15 is 0 Å². The Labute approximate surface area is 165 Å². The summed E-state index contributed by atoms with van der Waals surface area (Å²) in [6, 6.07) is 19.3.